The van der Waals surface area contributed by atoms with Crippen molar-refractivity contribution in [2.75, 3.05) is 13.2 Å². The highest BCUT2D eigenvalue weighted by atomic mass is 16.5. The smallest absolute Gasteiger partial charge is 0.326 e. The van der Waals surface area contributed by atoms with Gasteiger partial charge in [-0.3, -0.25) is 4.79 Å². The van der Waals surface area contributed by atoms with Crippen molar-refractivity contribution in [2.24, 2.45) is 0 Å². The molecule has 2 rings (SSSR count). The summed E-state index contributed by atoms with van der Waals surface area (Å²) in [6, 6.07) is 6.85. The van der Waals surface area contributed by atoms with Gasteiger partial charge in [0.2, 0.25) is 5.91 Å². The number of hydrogen-bond acceptors (Lipinski definition) is 3. The van der Waals surface area contributed by atoms with E-state index in [0.29, 0.717) is 19.6 Å². The molecule has 1 aromatic rings. The number of unbranched alkanes of at least 4 members (excludes halogenated alkanes) is 1. The molecule has 0 fully saturated rings. The quantitative estimate of drug-likeness (QED) is 0.812. The van der Waals surface area contributed by atoms with Gasteiger partial charge in [-0.2, -0.15) is 0 Å². The number of carboxylic acid groups (broad SMARTS) is 1. The van der Waals surface area contributed by atoms with E-state index in [2.05, 4.69) is 0 Å². The van der Waals surface area contributed by atoms with Crippen LogP contribution in [0.25, 0.3) is 0 Å². The Morgan fingerprint density at radius 2 is 2.05 bits per heavy atom. The maximum Gasteiger partial charge on any atom is 0.326 e. The molecule has 0 aromatic heterocycles. The third kappa shape index (κ3) is 3.82. The third-order valence-corrected chi connectivity index (χ3v) is 3.72. The SMILES string of the molecule is CCCCOCC(=O)N1Cc2ccccc2CC1C(=O)O. The normalized spacial score (nSPS) is 17.4. The molecule has 1 amide bonds. The first kappa shape index (κ1) is 15.5. The standard InChI is InChI=1S/C16H21NO4/c1-2-3-8-21-11-15(18)17-10-13-7-5-4-6-12(13)9-14(17)16(19)20/h4-7,14H,2-3,8-11H2,1H3,(H,19,20). The number of benzene rings is 1. The summed E-state index contributed by atoms with van der Waals surface area (Å²) in [5.41, 5.74) is 2.01. The molecular formula is C16H21NO4. The van der Waals surface area contributed by atoms with Crippen molar-refractivity contribution in [1.29, 1.82) is 0 Å². The van der Waals surface area contributed by atoms with Crippen molar-refractivity contribution in [3.8, 4) is 0 Å². The second-order valence-electron chi connectivity index (χ2n) is 5.25. The van der Waals surface area contributed by atoms with Crippen LogP contribution in [0, 0.1) is 0 Å². The predicted octanol–water partition coefficient (Wildman–Crippen LogP) is 1.84. The first-order chi connectivity index (χ1) is 10.1. The molecule has 1 heterocycles. The number of carbonyl (C=O) groups is 2. The van der Waals surface area contributed by atoms with Gasteiger partial charge in [0.15, 0.2) is 0 Å². The van der Waals surface area contributed by atoms with Crippen molar-refractivity contribution in [1.82, 2.24) is 4.90 Å². The van der Waals surface area contributed by atoms with Crippen LogP contribution in [-0.4, -0.2) is 41.1 Å². The van der Waals surface area contributed by atoms with E-state index in [1.54, 1.807) is 0 Å². The van der Waals surface area contributed by atoms with E-state index in [0.717, 1.165) is 24.0 Å². The number of carbonyl (C=O) groups excluding carboxylic acids is 1. The molecule has 0 saturated carbocycles. The van der Waals surface area contributed by atoms with Crippen LogP contribution in [0.15, 0.2) is 24.3 Å². The minimum atomic E-state index is -0.966. The Morgan fingerprint density at radius 1 is 1.33 bits per heavy atom. The monoisotopic (exact) mass is 291 g/mol. The first-order valence-corrected chi connectivity index (χ1v) is 7.30. The molecule has 0 spiro atoms. The Balaban J connectivity index is 2.06. The molecule has 0 saturated heterocycles. The Hall–Kier alpha value is -1.88. The maximum absolute atomic E-state index is 12.2. The Labute approximate surface area is 124 Å². The van der Waals surface area contributed by atoms with Gasteiger partial charge in [-0.1, -0.05) is 37.6 Å². The predicted molar refractivity (Wildman–Crippen MR) is 77.8 cm³/mol. The van der Waals surface area contributed by atoms with E-state index in [1.807, 2.05) is 31.2 Å². The zero-order valence-electron chi connectivity index (χ0n) is 12.2. The largest absolute Gasteiger partial charge is 0.480 e. The molecule has 0 radical (unpaired) electrons. The fourth-order valence-corrected chi connectivity index (χ4v) is 2.49. The van der Waals surface area contributed by atoms with Crippen molar-refractivity contribution >= 4 is 11.9 Å². The lowest BCUT2D eigenvalue weighted by Crippen LogP contribution is -2.49. The highest BCUT2D eigenvalue weighted by molar-refractivity contribution is 5.85. The molecule has 5 nitrogen and oxygen atoms in total. The number of fused-ring (bicyclic) bond motifs is 1. The Morgan fingerprint density at radius 3 is 2.71 bits per heavy atom. The van der Waals surface area contributed by atoms with E-state index in [-0.39, 0.29) is 12.5 Å². The second kappa shape index (κ2) is 7.22. The molecule has 5 heteroatoms. The number of nitrogens with zero attached hydrogens (tertiary/aromatic N) is 1. The summed E-state index contributed by atoms with van der Waals surface area (Å²) in [4.78, 5) is 25.1. The van der Waals surface area contributed by atoms with Gasteiger partial charge in [0, 0.05) is 19.6 Å². The highest BCUT2D eigenvalue weighted by Crippen LogP contribution is 2.23. The summed E-state index contributed by atoms with van der Waals surface area (Å²) >= 11 is 0. The van der Waals surface area contributed by atoms with Crippen molar-refractivity contribution in [3.63, 3.8) is 0 Å². The molecule has 1 atom stereocenters. The summed E-state index contributed by atoms with van der Waals surface area (Å²) < 4.78 is 5.32. The van der Waals surface area contributed by atoms with Crippen LogP contribution < -0.4 is 0 Å². The fraction of sp³-hybridized carbons (Fsp3) is 0.500. The fourth-order valence-electron chi connectivity index (χ4n) is 2.49. The molecule has 1 aliphatic heterocycles. The van der Waals surface area contributed by atoms with Gasteiger partial charge in [-0.05, 0) is 17.5 Å². The van der Waals surface area contributed by atoms with Gasteiger partial charge in [-0.15, -0.1) is 0 Å². The van der Waals surface area contributed by atoms with E-state index in [4.69, 9.17) is 4.74 Å². The molecular weight excluding hydrogens is 270 g/mol. The van der Waals surface area contributed by atoms with E-state index < -0.39 is 12.0 Å². The lowest BCUT2D eigenvalue weighted by Gasteiger charge is -2.34. The van der Waals surface area contributed by atoms with Crippen molar-refractivity contribution in [2.45, 2.75) is 38.8 Å². The van der Waals surface area contributed by atoms with Gasteiger partial charge >= 0.3 is 5.97 Å². The molecule has 0 aliphatic carbocycles. The highest BCUT2D eigenvalue weighted by Gasteiger charge is 2.34. The maximum atomic E-state index is 12.2. The van der Waals surface area contributed by atoms with Crippen LogP contribution in [0.4, 0.5) is 0 Å². The van der Waals surface area contributed by atoms with Gasteiger partial charge in [0.1, 0.15) is 12.6 Å². The molecule has 114 valence electrons. The first-order valence-electron chi connectivity index (χ1n) is 7.30. The van der Waals surface area contributed by atoms with Crippen LogP contribution in [-0.2, 0) is 27.3 Å². The third-order valence-electron chi connectivity index (χ3n) is 3.72. The summed E-state index contributed by atoms with van der Waals surface area (Å²) in [5, 5.41) is 9.36. The van der Waals surface area contributed by atoms with E-state index in [1.165, 1.54) is 4.90 Å². The number of carboxylic acids is 1. The van der Waals surface area contributed by atoms with Crippen molar-refractivity contribution in [3.05, 3.63) is 35.4 Å². The Kier molecular flexibility index (Phi) is 5.33. The van der Waals surface area contributed by atoms with Crippen LogP contribution >= 0.6 is 0 Å². The molecule has 21 heavy (non-hydrogen) atoms. The summed E-state index contributed by atoms with van der Waals surface area (Å²) in [5.74, 6) is -1.22. The zero-order chi connectivity index (χ0) is 15.2. The molecule has 1 aromatic carbocycles. The molecule has 0 bridgehead atoms. The van der Waals surface area contributed by atoms with E-state index >= 15 is 0 Å². The topological polar surface area (TPSA) is 66.8 Å². The van der Waals surface area contributed by atoms with Gasteiger partial charge in [-0.25, -0.2) is 4.79 Å². The van der Waals surface area contributed by atoms with Gasteiger partial charge in [0.05, 0.1) is 0 Å². The van der Waals surface area contributed by atoms with E-state index in [9.17, 15) is 14.7 Å². The number of ether oxygens (including phenoxy) is 1. The summed E-state index contributed by atoms with van der Waals surface area (Å²) in [6.45, 7) is 2.87. The van der Waals surface area contributed by atoms with Gasteiger partial charge < -0.3 is 14.7 Å². The number of aliphatic carboxylic acids is 1. The van der Waals surface area contributed by atoms with Crippen LogP contribution in [0.1, 0.15) is 30.9 Å². The zero-order valence-corrected chi connectivity index (χ0v) is 12.2. The lowest BCUT2D eigenvalue weighted by atomic mass is 9.94. The summed E-state index contributed by atoms with van der Waals surface area (Å²) in [7, 11) is 0. The van der Waals surface area contributed by atoms with Crippen LogP contribution in [0.5, 0.6) is 0 Å². The molecule has 1 unspecified atom stereocenters. The minimum absolute atomic E-state index is 0.0497. The average molecular weight is 291 g/mol. The number of hydrogen-bond donors (Lipinski definition) is 1. The minimum Gasteiger partial charge on any atom is -0.480 e. The summed E-state index contributed by atoms with van der Waals surface area (Å²) in [6.07, 6.45) is 2.26. The lowest BCUT2D eigenvalue weighted by molar-refractivity contribution is -0.153. The average Bonchev–Trinajstić information content (AvgIpc) is 2.50. The molecule has 1 aliphatic rings. The Bertz CT molecular complexity index is 515. The van der Waals surface area contributed by atoms with Crippen LogP contribution in [0.3, 0.4) is 0 Å². The number of amides is 1. The van der Waals surface area contributed by atoms with Crippen LogP contribution in [0.2, 0.25) is 0 Å². The van der Waals surface area contributed by atoms with Gasteiger partial charge in [0.25, 0.3) is 0 Å². The molecule has 1 N–H and O–H groups in total. The number of rotatable bonds is 6. The second-order valence-corrected chi connectivity index (χ2v) is 5.25. The van der Waals surface area contributed by atoms with Crippen molar-refractivity contribution < 1.29 is 19.4 Å².